The van der Waals surface area contributed by atoms with Gasteiger partial charge in [-0.05, 0) is 70.6 Å². The first kappa shape index (κ1) is 54.4. The van der Waals surface area contributed by atoms with E-state index in [9.17, 15) is 24.2 Å². The SMILES string of the molecule is CC/C=C\C/C=C\C/C=C\C/C=C\C=C\C(O)CCCC(=O)OC(COC(=O)CCCCCCC/C=C\CCCCCCCC)COP(=O)(O)OCC[N+](C)(C)C. The Morgan fingerprint density at radius 3 is 1.82 bits per heavy atom. The summed E-state index contributed by atoms with van der Waals surface area (Å²) in [6.45, 7) is 4.04. The number of unbranched alkanes of at least 4 members (excludes halogenated alkanes) is 11. The summed E-state index contributed by atoms with van der Waals surface area (Å²) in [4.78, 5) is 35.4. The molecular weight excluding hydrogens is 741 g/mol. The van der Waals surface area contributed by atoms with E-state index in [-0.39, 0.29) is 26.1 Å². The van der Waals surface area contributed by atoms with Gasteiger partial charge in [0.25, 0.3) is 0 Å². The Kier molecular flexibility index (Phi) is 36.0. The Labute approximate surface area is 347 Å². The summed E-state index contributed by atoms with van der Waals surface area (Å²) < 4.78 is 34.1. The van der Waals surface area contributed by atoms with E-state index in [1.54, 1.807) is 12.2 Å². The predicted molar refractivity (Wildman–Crippen MR) is 235 cm³/mol. The topological polar surface area (TPSA) is 129 Å². The number of aliphatic hydroxyl groups is 1. The van der Waals surface area contributed by atoms with Gasteiger partial charge in [-0.15, -0.1) is 0 Å². The normalized spacial score (nSPS) is 14.9. The zero-order valence-electron chi connectivity index (χ0n) is 36.4. The number of phosphoric ester groups is 1. The largest absolute Gasteiger partial charge is 0.472 e. The van der Waals surface area contributed by atoms with Gasteiger partial charge in [0.1, 0.15) is 19.8 Å². The Morgan fingerprint density at radius 1 is 0.649 bits per heavy atom. The van der Waals surface area contributed by atoms with Crippen LogP contribution < -0.4 is 0 Å². The number of aliphatic hydroxyl groups excluding tert-OH is 1. The smallest absolute Gasteiger partial charge is 0.462 e. The summed E-state index contributed by atoms with van der Waals surface area (Å²) in [7, 11) is 1.34. The minimum absolute atomic E-state index is 0.00498. The van der Waals surface area contributed by atoms with Crippen LogP contribution in [0.3, 0.4) is 0 Å². The van der Waals surface area contributed by atoms with E-state index in [2.05, 4.69) is 62.5 Å². The standard InChI is InChI=1S/C46H80NO9P/c1-6-8-10-12-14-16-18-20-21-23-25-27-29-31-33-37-45(49)53-41-44(42-55-57(51,52)54-40-39-47(3,4)5)56-46(50)38-34-36-43(48)35-32-30-28-26-24-22-19-17-15-13-11-9-7-2/h9,11,15,17,20-22,24,28,30,32,35,43-44,48H,6-8,10,12-14,16,18-19,23,25-27,29,31,33-34,36-42H2,1-5H3/p+1/b11-9-,17-15-,21-20-,24-22-,30-28-,35-32+. The molecule has 3 atom stereocenters. The molecule has 0 rings (SSSR count). The van der Waals surface area contributed by atoms with Crippen molar-refractivity contribution in [3.63, 3.8) is 0 Å². The zero-order chi connectivity index (χ0) is 42.3. The number of carbonyl (C=O) groups excluding carboxylic acids is 2. The van der Waals surface area contributed by atoms with Crippen LogP contribution in [0.5, 0.6) is 0 Å². The maximum absolute atomic E-state index is 12.7. The van der Waals surface area contributed by atoms with Crippen LogP contribution in [0, 0.1) is 0 Å². The lowest BCUT2D eigenvalue weighted by molar-refractivity contribution is -0.870. The van der Waals surface area contributed by atoms with Gasteiger partial charge < -0.3 is 24.0 Å². The van der Waals surface area contributed by atoms with Crippen LogP contribution in [-0.4, -0.2) is 86.1 Å². The molecule has 0 aromatic rings. The molecule has 0 aromatic carbocycles. The Balaban J connectivity index is 4.60. The molecule has 0 aliphatic carbocycles. The number of nitrogens with zero attached hydrogens (tertiary/aromatic N) is 1. The number of allylic oxidation sites excluding steroid dienone is 11. The monoisotopic (exact) mass is 823 g/mol. The lowest BCUT2D eigenvalue weighted by Crippen LogP contribution is -2.37. The molecule has 0 aliphatic rings. The molecule has 0 radical (unpaired) electrons. The third kappa shape index (κ3) is 41.4. The van der Waals surface area contributed by atoms with Crippen molar-refractivity contribution in [2.24, 2.45) is 0 Å². The number of likely N-dealkylation sites (N-methyl/N-ethyl adjacent to an activating group) is 1. The average Bonchev–Trinajstić information content (AvgIpc) is 3.15. The van der Waals surface area contributed by atoms with Crippen LogP contribution in [0.4, 0.5) is 0 Å². The second kappa shape index (κ2) is 37.7. The van der Waals surface area contributed by atoms with Crippen molar-refractivity contribution in [1.82, 2.24) is 0 Å². The van der Waals surface area contributed by atoms with E-state index < -0.39 is 38.6 Å². The molecule has 57 heavy (non-hydrogen) atoms. The van der Waals surface area contributed by atoms with Gasteiger partial charge in [-0.3, -0.25) is 18.6 Å². The number of ether oxygens (including phenoxy) is 2. The summed E-state index contributed by atoms with van der Waals surface area (Å²) in [6.07, 6.45) is 42.7. The Morgan fingerprint density at radius 2 is 1.21 bits per heavy atom. The van der Waals surface area contributed by atoms with E-state index >= 15 is 0 Å². The lowest BCUT2D eigenvalue weighted by atomic mass is 10.1. The minimum Gasteiger partial charge on any atom is -0.462 e. The fourth-order valence-corrected chi connectivity index (χ4v) is 6.13. The van der Waals surface area contributed by atoms with E-state index in [1.165, 1.54) is 44.9 Å². The van der Waals surface area contributed by atoms with Gasteiger partial charge in [-0.1, -0.05) is 138 Å². The number of esters is 2. The molecule has 0 aliphatic heterocycles. The Hall–Kier alpha value is -2.59. The second-order valence-electron chi connectivity index (χ2n) is 15.5. The first-order valence-corrected chi connectivity index (χ1v) is 23.3. The van der Waals surface area contributed by atoms with Crippen molar-refractivity contribution in [2.75, 3.05) is 47.5 Å². The van der Waals surface area contributed by atoms with E-state index in [0.717, 1.165) is 57.8 Å². The highest BCUT2D eigenvalue weighted by Gasteiger charge is 2.27. The van der Waals surface area contributed by atoms with Crippen LogP contribution >= 0.6 is 7.82 Å². The highest BCUT2D eigenvalue weighted by atomic mass is 31.2. The summed E-state index contributed by atoms with van der Waals surface area (Å²) >= 11 is 0. The van der Waals surface area contributed by atoms with Crippen molar-refractivity contribution < 1.29 is 47.2 Å². The predicted octanol–water partition coefficient (Wildman–Crippen LogP) is 11.2. The molecule has 0 bridgehead atoms. The molecule has 3 unspecified atom stereocenters. The number of phosphoric acid groups is 1. The first-order valence-electron chi connectivity index (χ1n) is 21.8. The molecule has 0 spiro atoms. The third-order valence-electron chi connectivity index (χ3n) is 8.82. The number of rotatable bonds is 38. The van der Waals surface area contributed by atoms with Crippen LogP contribution in [0.2, 0.25) is 0 Å². The van der Waals surface area contributed by atoms with Crippen molar-refractivity contribution in [2.45, 2.75) is 161 Å². The van der Waals surface area contributed by atoms with E-state index in [0.29, 0.717) is 30.3 Å². The van der Waals surface area contributed by atoms with Gasteiger partial charge >= 0.3 is 19.8 Å². The number of quaternary nitrogens is 1. The first-order chi connectivity index (χ1) is 27.4. The third-order valence-corrected chi connectivity index (χ3v) is 9.81. The molecule has 0 heterocycles. The van der Waals surface area contributed by atoms with Gasteiger partial charge in [-0.2, -0.15) is 0 Å². The van der Waals surface area contributed by atoms with E-state index in [4.69, 9.17) is 18.5 Å². The zero-order valence-corrected chi connectivity index (χ0v) is 37.3. The highest BCUT2D eigenvalue weighted by molar-refractivity contribution is 7.47. The number of hydrogen-bond donors (Lipinski definition) is 2. The number of carbonyl (C=O) groups is 2. The molecule has 0 fully saturated rings. The molecule has 11 heteroatoms. The van der Waals surface area contributed by atoms with Crippen LogP contribution in [0.15, 0.2) is 72.9 Å². The van der Waals surface area contributed by atoms with E-state index in [1.807, 2.05) is 33.3 Å². The molecular formula is C46H81NO9P+. The van der Waals surface area contributed by atoms with Crippen molar-refractivity contribution in [3.05, 3.63) is 72.9 Å². The lowest BCUT2D eigenvalue weighted by Gasteiger charge is -2.24. The second-order valence-corrected chi connectivity index (χ2v) is 17.0. The Bertz CT molecular complexity index is 1220. The molecule has 2 N–H and O–H groups in total. The van der Waals surface area contributed by atoms with Gasteiger partial charge in [0.15, 0.2) is 6.10 Å². The van der Waals surface area contributed by atoms with Gasteiger partial charge in [0, 0.05) is 12.8 Å². The molecule has 10 nitrogen and oxygen atoms in total. The van der Waals surface area contributed by atoms with Gasteiger partial charge in [0.05, 0.1) is 33.9 Å². The van der Waals surface area contributed by atoms with Crippen molar-refractivity contribution >= 4 is 19.8 Å². The number of hydrogen-bond acceptors (Lipinski definition) is 8. The van der Waals surface area contributed by atoms with Crippen molar-refractivity contribution in [1.29, 1.82) is 0 Å². The molecule has 328 valence electrons. The van der Waals surface area contributed by atoms with Crippen molar-refractivity contribution in [3.8, 4) is 0 Å². The van der Waals surface area contributed by atoms with Gasteiger partial charge in [0.2, 0.25) is 0 Å². The minimum atomic E-state index is -4.43. The summed E-state index contributed by atoms with van der Waals surface area (Å²) in [5, 5.41) is 10.3. The molecule has 0 saturated heterocycles. The average molecular weight is 823 g/mol. The highest BCUT2D eigenvalue weighted by Crippen LogP contribution is 2.43. The molecule has 0 amide bonds. The fourth-order valence-electron chi connectivity index (χ4n) is 5.39. The van der Waals surface area contributed by atoms with Crippen LogP contribution in [0.1, 0.15) is 149 Å². The van der Waals surface area contributed by atoms with Gasteiger partial charge in [-0.25, -0.2) is 4.57 Å². The summed E-state index contributed by atoms with van der Waals surface area (Å²) in [6, 6.07) is 0. The molecule has 0 saturated carbocycles. The molecule has 0 aromatic heterocycles. The summed E-state index contributed by atoms with van der Waals surface area (Å²) in [5.41, 5.74) is 0. The van der Waals surface area contributed by atoms with Crippen LogP contribution in [-0.2, 0) is 32.7 Å². The quantitative estimate of drug-likeness (QED) is 0.0156. The maximum atomic E-state index is 12.7. The van der Waals surface area contributed by atoms with Crippen LogP contribution in [0.25, 0.3) is 0 Å². The maximum Gasteiger partial charge on any atom is 0.472 e. The summed E-state index contributed by atoms with van der Waals surface area (Å²) in [5.74, 6) is -1.02. The fraction of sp³-hybridized carbons (Fsp3) is 0.696.